The third kappa shape index (κ3) is 4.20. The SMILES string of the molecule is Cc1ccc(NC(=O)NC(C)c2ccc(F)cc2)cc1Cl. The molecule has 0 aromatic heterocycles. The number of carbonyl (C=O) groups is 1. The Kier molecular flexibility index (Phi) is 4.81. The van der Waals surface area contributed by atoms with Crippen molar-refractivity contribution in [2.24, 2.45) is 0 Å². The fraction of sp³-hybridized carbons (Fsp3) is 0.188. The van der Waals surface area contributed by atoms with Gasteiger partial charge >= 0.3 is 6.03 Å². The van der Waals surface area contributed by atoms with Crippen LogP contribution in [0.5, 0.6) is 0 Å². The summed E-state index contributed by atoms with van der Waals surface area (Å²) in [5.74, 6) is -0.301. The first kappa shape index (κ1) is 15.3. The highest BCUT2D eigenvalue weighted by atomic mass is 35.5. The molecular formula is C16H16ClFN2O. The molecule has 3 nitrogen and oxygen atoms in total. The molecule has 0 aliphatic rings. The van der Waals surface area contributed by atoms with Crippen molar-refractivity contribution < 1.29 is 9.18 Å². The average molecular weight is 307 g/mol. The van der Waals surface area contributed by atoms with Gasteiger partial charge in [-0.15, -0.1) is 0 Å². The van der Waals surface area contributed by atoms with E-state index < -0.39 is 0 Å². The standard InChI is InChI=1S/C16H16ClFN2O/c1-10-3-8-14(9-15(10)17)20-16(21)19-11(2)12-4-6-13(18)7-5-12/h3-9,11H,1-2H3,(H2,19,20,21). The Morgan fingerprint density at radius 3 is 2.48 bits per heavy atom. The second-order valence-corrected chi connectivity index (χ2v) is 5.24. The van der Waals surface area contributed by atoms with Gasteiger partial charge in [-0.1, -0.05) is 29.8 Å². The number of amides is 2. The molecule has 110 valence electrons. The molecule has 1 atom stereocenters. The summed E-state index contributed by atoms with van der Waals surface area (Å²) in [6.07, 6.45) is 0. The van der Waals surface area contributed by atoms with Gasteiger partial charge in [-0.3, -0.25) is 0 Å². The van der Waals surface area contributed by atoms with E-state index in [1.807, 2.05) is 19.9 Å². The van der Waals surface area contributed by atoms with Crippen molar-refractivity contribution in [3.05, 3.63) is 64.4 Å². The van der Waals surface area contributed by atoms with Crippen molar-refractivity contribution in [3.8, 4) is 0 Å². The van der Waals surface area contributed by atoms with Gasteiger partial charge in [0.1, 0.15) is 5.82 Å². The molecule has 2 N–H and O–H groups in total. The van der Waals surface area contributed by atoms with Crippen molar-refractivity contribution in [2.75, 3.05) is 5.32 Å². The fourth-order valence-corrected chi connectivity index (χ4v) is 2.05. The summed E-state index contributed by atoms with van der Waals surface area (Å²) in [6.45, 7) is 3.72. The fourth-order valence-electron chi connectivity index (χ4n) is 1.87. The van der Waals surface area contributed by atoms with E-state index in [1.165, 1.54) is 12.1 Å². The quantitative estimate of drug-likeness (QED) is 0.850. The summed E-state index contributed by atoms with van der Waals surface area (Å²) in [4.78, 5) is 11.9. The molecule has 5 heteroatoms. The number of hydrogen-bond donors (Lipinski definition) is 2. The van der Waals surface area contributed by atoms with Crippen LogP contribution in [-0.2, 0) is 0 Å². The molecule has 0 saturated heterocycles. The normalized spacial score (nSPS) is 11.8. The molecule has 0 fully saturated rings. The van der Waals surface area contributed by atoms with Crippen LogP contribution in [-0.4, -0.2) is 6.03 Å². The number of anilines is 1. The number of aryl methyl sites for hydroxylation is 1. The third-order valence-corrected chi connectivity index (χ3v) is 3.55. The van der Waals surface area contributed by atoms with Gasteiger partial charge in [0, 0.05) is 10.7 Å². The van der Waals surface area contributed by atoms with Crippen molar-refractivity contribution in [2.45, 2.75) is 19.9 Å². The largest absolute Gasteiger partial charge is 0.331 e. The van der Waals surface area contributed by atoms with Gasteiger partial charge in [0.15, 0.2) is 0 Å². The Labute approximate surface area is 128 Å². The van der Waals surface area contributed by atoms with Gasteiger partial charge in [0.05, 0.1) is 6.04 Å². The van der Waals surface area contributed by atoms with E-state index in [9.17, 15) is 9.18 Å². The Morgan fingerprint density at radius 1 is 1.19 bits per heavy atom. The van der Waals surface area contributed by atoms with E-state index in [-0.39, 0.29) is 17.9 Å². The number of carbonyl (C=O) groups excluding carboxylic acids is 1. The lowest BCUT2D eigenvalue weighted by molar-refractivity contribution is 0.249. The van der Waals surface area contributed by atoms with Crippen LogP contribution in [0.1, 0.15) is 24.1 Å². The van der Waals surface area contributed by atoms with Crippen LogP contribution in [0.15, 0.2) is 42.5 Å². The smallest absolute Gasteiger partial charge is 0.319 e. The first-order valence-corrected chi connectivity index (χ1v) is 6.92. The second-order valence-electron chi connectivity index (χ2n) is 4.84. The minimum atomic E-state index is -0.341. The van der Waals surface area contributed by atoms with Crippen LogP contribution in [0.4, 0.5) is 14.9 Å². The Hall–Kier alpha value is -2.07. The first-order valence-electron chi connectivity index (χ1n) is 6.55. The monoisotopic (exact) mass is 306 g/mol. The van der Waals surface area contributed by atoms with Crippen molar-refractivity contribution in [1.82, 2.24) is 5.32 Å². The zero-order valence-corrected chi connectivity index (χ0v) is 12.5. The Bertz CT molecular complexity index is 643. The number of urea groups is 1. The lowest BCUT2D eigenvalue weighted by atomic mass is 10.1. The van der Waals surface area contributed by atoms with E-state index in [0.717, 1.165) is 11.1 Å². The lowest BCUT2D eigenvalue weighted by Gasteiger charge is -2.15. The maximum absolute atomic E-state index is 12.9. The molecule has 0 spiro atoms. The van der Waals surface area contributed by atoms with Crippen molar-refractivity contribution in [1.29, 1.82) is 0 Å². The Morgan fingerprint density at radius 2 is 1.86 bits per heavy atom. The van der Waals surface area contributed by atoms with Gasteiger partial charge in [-0.2, -0.15) is 0 Å². The molecule has 2 rings (SSSR count). The molecule has 0 saturated carbocycles. The molecule has 0 bridgehead atoms. The molecule has 0 aliphatic carbocycles. The molecule has 2 amide bonds. The number of halogens is 2. The first-order chi connectivity index (χ1) is 9.95. The van der Waals surface area contributed by atoms with Crippen LogP contribution in [0.25, 0.3) is 0 Å². The van der Waals surface area contributed by atoms with Gasteiger partial charge in [-0.25, -0.2) is 9.18 Å². The van der Waals surface area contributed by atoms with Crippen LogP contribution in [0.2, 0.25) is 5.02 Å². The van der Waals surface area contributed by atoms with Gasteiger partial charge < -0.3 is 10.6 Å². The van der Waals surface area contributed by atoms with Gasteiger partial charge in [0.25, 0.3) is 0 Å². The molecule has 1 unspecified atom stereocenters. The zero-order valence-electron chi connectivity index (χ0n) is 11.8. The third-order valence-electron chi connectivity index (χ3n) is 3.15. The summed E-state index contributed by atoms with van der Waals surface area (Å²) in [5.41, 5.74) is 2.39. The van der Waals surface area contributed by atoms with Crippen LogP contribution >= 0.6 is 11.6 Å². The molecule has 0 aliphatic heterocycles. The molecular weight excluding hydrogens is 291 g/mol. The number of hydrogen-bond acceptors (Lipinski definition) is 1. The summed E-state index contributed by atoms with van der Waals surface area (Å²) >= 11 is 6.01. The average Bonchev–Trinajstić information content (AvgIpc) is 2.43. The minimum Gasteiger partial charge on any atom is -0.331 e. The predicted molar refractivity (Wildman–Crippen MR) is 83.2 cm³/mol. The number of rotatable bonds is 3. The number of nitrogens with one attached hydrogen (secondary N) is 2. The van der Waals surface area contributed by atoms with E-state index in [0.29, 0.717) is 10.7 Å². The molecule has 0 radical (unpaired) electrons. The van der Waals surface area contributed by atoms with Crippen LogP contribution in [0, 0.1) is 12.7 Å². The van der Waals surface area contributed by atoms with Crippen molar-refractivity contribution >= 4 is 23.3 Å². The van der Waals surface area contributed by atoms with E-state index in [1.54, 1.807) is 24.3 Å². The molecule has 21 heavy (non-hydrogen) atoms. The summed E-state index contributed by atoms with van der Waals surface area (Å²) < 4.78 is 12.9. The van der Waals surface area contributed by atoms with Crippen LogP contribution in [0.3, 0.4) is 0 Å². The van der Waals surface area contributed by atoms with Gasteiger partial charge in [-0.05, 0) is 49.2 Å². The molecule has 2 aromatic rings. The molecule has 0 heterocycles. The van der Waals surface area contributed by atoms with E-state index in [4.69, 9.17) is 11.6 Å². The van der Waals surface area contributed by atoms with Crippen LogP contribution < -0.4 is 10.6 Å². The summed E-state index contributed by atoms with van der Waals surface area (Å²) in [6, 6.07) is 10.8. The lowest BCUT2D eigenvalue weighted by Crippen LogP contribution is -2.31. The topological polar surface area (TPSA) is 41.1 Å². The van der Waals surface area contributed by atoms with E-state index in [2.05, 4.69) is 10.6 Å². The maximum Gasteiger partial charge on any atom is 0.319 e. The number of benzene rings is 2. The highest BCUT2D eigenvalue weighted by Crippen LogP contribution is 2.20. The zero-order chi connectivity index (χ0) is 15.4. The predicted octanol–water partition coefficient (Wildman–Crippen LogP) is 4.67. The maximum atomic E-state index is 12.9. The van der Waals surface area contributed by atoms with Gasteiger partial charge in [0.2, 0.25) is 0 Å². The summed E-state index contributed by atoms with van der Waals surface area (Å²) in [5, 5.41) is 6.09. The highest BCUT2D eigenvalue weighted by Gasteiger charge is 2.10. The summed E-state index contributed by atoms with van der Waals surface area (Å²) in [7, 11) is 0. The van der Waals surface area contributed by atoms with Crippen molar-refractivity contribution in [3.63, 3.8) is 0 Å². The Balaban J connectivity index is 1.97. The minimum absolute atomic E-state index is 0.230. The second kappa shape index (κ2) is 6.59. The van der Waals surface area contributed by atoms with E-state index >= 15 is 0 Å². The molecule has 2 aromatic carbocycles. The highest BCUT2D eigenvalue weighted by molar-refractivity contribution is 6.31.